The summed E-state index contributed by atoms with van der Waals surface area (Å²) in [5.41, 5.74) is 2.67. The molecule has 0 aliphatic carbocycles. The van der Waals surface area contributed by atoms with Crippen LogP contribution in [0.3, 0.4) is 0 Å². The highest BCUT2D eigenvalue weighted by molar-refractivity contribution is 7.13. The summed E-state index contributed by atoms with van der Waals surface area (Å²) in [6, 6.07) is 21.4. The quantitative estimate of drug-likeness (QED) is 0.223. The number of aryl methyl sites for hydroxylation is 1. The number of aromatic nitrogens is 3. The molecular formula is C31H27FN4O4S. The SMILES string of the molecule is Cc1cnc(C(=O)N[C@@H](CC2=COCO2)[C@H](Cc2ccccc2)Oc2ccc3c(cnn3-c3ccc(F)cc3)c2)s1. The fourth-order valence-corrected chi connectivity index (χ4v) is 5.39. The van der Waals surface area contributed by atoms with Gasteiger partial charge in [0.2, 0.25) is 6.79 Å². The number of carbonyl (C=O) groups excluding carboxylic acids is 1. The highest BCUT2D eigenvalue weighted by Crippen LogP contribution is 2.27. The molecule has 0 bridgehead atoms. The Bertz CT molecular complexity index is 1680. The third kappa shape index (κ3) is 6.22. The molecule has 8 nitrogen and oxygen atoms in total. The van der Waals surface area contributed by atoms with Gasteiger partial charge in [-0.2, -0.15) is 5.10 Å². The van der Waals surface area contributed by atoms with Gasteiger partial charge in [0, 0.05) is 29.3 Å². The minimum Gasteiger partial charge on any atom is -0.488 e. The summed E-state index contributed by atoms with van der Waals surface area (Å²) in [7, 11) is 0. The van der Waals surface area contributed by atoms with Crippen molar-refractivity contribution in [3.63, 3.8) is 0 Å². The van der Waals surface area contributed by atoms with E-state index in [4.69, 9.17) is 14.2 Å². The maximum atomic E-state index is 13.4. The summed E-state index contributed by atoms with van der Waals surface area (Å²) < 4.78 is 32.7. The molecule has 10 heteroatoms. The molecule has 41 heavy (non-hydrogen) atoms. The topological polar surface area (TPSA) is 87.5 Å². The summed E-state index contributed by atoms with van der Waals surface area (Å²) in [6.45, 7) is 2.05. The van der Waals surface area contributed by atoms with E-state index in [1.165, 1.54) is 23.5 Å². The van der Waals surface area contributed by atoms with E-state index in [0.717, 1.165) is 27.0 Å². The van der Waals surface area contributed by atoms with Gasteiger partial charge in [0.1, 0.15) is 29.7 Å². The number of rotatable bonds is 10. The van der Waals surface area contributed by atoms with Crippen LogP contribution in [0.5, 0.6) is 5.75 Å². The lowest BCUT2D eigenvalue weighted by Gasteiger charge is -2.29. The third-order valence-electron chi connectivity index (χ3n) is 6.71. The van der Waals surface area contributed by atoms with Crippen molar-refractivity contribution >= 4 is 28.1 Å². The molecule has 1 amide bonds. The number of ether oxygens (including phenoxy) is 3. The van der Waals surface area contributed by atoms with Gasteiger partial charge < -0.3 is 19.5 Å². The van der Waals surface area contributed by atoms with Crippen molar-refractivity contribution in [1.82, 2.24) is 20.1 Å². The number of hydrogen-bond donors (Lipinski definition) is 1. The van der Waals surface area contributed by atoms with Crippen LogP contribution in [0.1, 0.15) is 26.7 Å². The molecule has 3 aromatic carbocycles. The Morgan fingerprint density at radius 2 is 1.93 bits per heavy atom. The highest BCUT2D eigenvalue weighted by atomic mass is 32.1. The molecule has 3 heterocycles. The molecule has 208 valence electrons. The second-order valence-corrected chi connectivity index (χ2v) is 10.9. The first-order valence-corrected chi connectivity index (χ1v) is 13.9. The molecule has 0 fully saturated rings. The van der Waals surface area contributed by atoms with E-state index in [9.17, 15) is 9.18 Å². The molecule has 2 atom stereocenters. The zero-order valence-corrected chi connectivity index (χ0v) is 23.0. The lowest BCUT2D eigenvalue weighted by Crippen LogP contribution is -2.47. The molecule has 2 aromatic heterocycles. The monoisotopic (exact) mass is 570 g/mol. The second-order valence-electron chi connectivity index (χ2n) is 9.67. The van der Waals surface area contributed by atoms with E-state index < -0.39 is 12.1 Å². The predicted molar refractivity (Wildman–Crippen MR) is 153 cm³/mol. The molecule has 5 aromatic rings. The lowest BCUT2D eigenvalue weighted by molar-refractivity contribution is 0.0684. The molecular weight excluding hydrogens is 543 g/mol. The van der Waals surface area contributed by atoms with E-state index in [2.05, 4.69) is 15.4 Å². The van der Waals surface area contributed by atoms with E-state index in [0.29, 0.717) is 29.4 Å². The zero-order chi connectivity index (χ0) is 28.2. The van der Waals surface area contributed by atoms with Crippen LogP contribution in [-0.4, -0.2) is 39.6 Å². The van der Waals surface area contributed by atoms with Crippen molar-refractivity contribution in [1.29, 1.82) is 0 Å². The van der Waals surface area contributed by atoms with Gasteiger partial charge in [0.15, 0.2) is 5.01 Å². The maximum Gasteiger partial charge on any atom is 0.280 e. The highest BCUT2D eigenvalue weighted by Gasteiger charge is 2.30. The fourth-order valence-electron chi connectivity index (χ4n) is 4.72. The average molecular weight is 571 g/mol. The normalized spacial score (nSPS) is 14.1. The first kappa shape index (κ1) is 26.5. The van der Waals surface area contributed by atoms with Crippen molar-refractivity contribution in [3.8, 4) is 11.4 Å². The summed E-state index contributed by atoms with van der Waals surface area (Å²) in [5, 5.41) is 8.89. The van der Waals surface area contributed by atoms with Crippen LogP contribution in [0.15, 0.2) is 97.2 Å². The molecule has 0 spiro atoms. The number of carbonyl (C=O) groups is 1. The van der Waals surface area contributed by atoms with Crippen molar-refractivity contribution in [2.24, 2.45) is 0 Å². The average Bonchev–Trinajstić information content (AvgIpc) is 3.75. The van der Waals surface area contributed by atoms with Crippen LogP contribution in [0.25, 0.3) is 16.6 Å². The number of halogens is 1. The van der Waals surface area contributed by atoms with Crippen LogP contribution in [-0.2, 0) is 15.9 Å². The predicted octanol–water partition coefficient (Wildman–Crippen LogP) is 5.95. The van der Waals surface area contributed by atoms with Gasteiger partial charge in [0.05, 0.1) is 23.4 Å². The number of nitrogens with zero attached hydrogens (tertiary/aromatic N) is 3. The Morgan fingerprint density at radius 1 is 1.10 bits per heavy atom. The smallest absolute Gasteiger partial charge is 0.280 e. The summed E-state index contributed by atoms with van der Waals surface area (Å²) in [6.07, 6.45) is 5.45. The minimum atomic E-state index is -0.461. The van der Waals surface area contributed by atoms with Crippen LogP contribution < -0.4 is 10.1 Å². The third-order valence-corrected chi connectivity index (χ3v) is 7.62. The Kier molecular flexibility index (Phi) is 7.64. The molecule has 0 unspecified atom stereocenters. The van der Waals surface area contributed by atoms with Gasteiger partial charge in [-0.1, -0.05) is 30.3 Å². The molecule has 0 saturated heterocycles. The molecule has 1 aliphatic rings. The van der Waals surface area contributed by atoms with E-state index in [1.54, 1.807) is 35.5 Å². The Balaban J connectivity index is 1.31. The number of fused-ring (bicyclic) bond motifs is 1. The Labute approximate surface area is 240 Å². The van der Waals surface area contributed by atoms with E-state index >= 15 is 0 Å². The van der Waals surface area contributed by atoms with E-state index in [-0.39, 0.29) is 18.5 Å². The van der Waals surface area contributed by atoms with Crippen LogP contribution in [0, 0.1) is 12.7 Å². The van der Waals surface area contributed by atoms with Crippen molar-refractivity contribution in [2.45, 2.75) is 31.9 Å². The molecule has 1 aliphatic heterocycles. The first-order chi connectivity index (χ1) is 20.0. The van der Waals surface area contributed by atoms with Crippen LogP contribution in [0.4, 0.5) is 4.39 Å². The van der Waals surface area contributed by atoms with Gasteiger partial charge in [-0.3, -0.25) is 4.79 Å². The van der Waals surface area contributed by atoms with Gasteiger partial charge in [0.25, 0.3) is 5.91 Å². The second kappa shape index (κ2) is 11.8. The summed E-state index contributed by atoms with van der Waals surface area (Å²) in [4.78, 5) is 18.5. The summed E-state index contributed by atoms with van der Waals surface area (Å²) in [5.74, 6) is 0.676. The van der Waals surface area contributed by atoms with Crippen molar-refractivity contribution in [2.75, 3.05) is 6.79 Å². The van der Waals surface area contributed by atoms with Crippen molar-refractivity contribution < 1.29 is 23.4 Å². The van der Waals surface area contributed by atoms with Gasteiger partial charge in [-0.05, 0) is 55.0 Å². The van der Waals surface area contributed by atoms with Crippen molar-refractivity contribution in [3.05, 3.63) is 118 Å². The van der Waals surface area contributed by atoms with Crippen LogP contribution >= 0.6 is 11.3 Å². The number of amides is 1. The molecule has 0 radical (unpaired) electrons. The minimum absolute atomic E-state index is 0.139. The summed E-state index contributed by atoms with van der Waals surface area (Å²) >= 11 is 1.34. The first-order valence-electron chi connectivity index (χ1n) is 13.1. The van der Waals surface area contributed by atoms with Gasteiger partial charge >= 0.3 is 0 Å². The Morgan fingerprint density at radius 3 is 2.66 bits per heavy atom. The van der Waals surface area contributed by atoms with E-state index in [1.807, 2.05) is 55.5 Å². The lowest BCUT2D eigenvalue weighted by atomic mass is 9.98. The Hall–Kier alpha value is -4.70. The van der Waals surface area contributed by atoms with Crippen LogP contribution in [0.2, 0.25) is 0 Å². The number of benzene rings is 3. The van der Waals surface area contributed by atoms with Gasteiger partial charge in [-0.25, -0.2) is 14.1 Å². The number of hydrogen-bond acceptors (Lipinski definition) is 7. The molecule has 6 rings (SSSR count). The number of nitrogens with one attached hydrogen (secondary N) is 1. The molecule has 1 N–H and O–H groups in total. The number of thiazole rings is 1. The van der Waals surface area contributed by atoms with Gasteiger partial charge in [-0.15, -0.1) is 11.3 Å². The maximum absolute atomic E-state index is 13.4. The standard InChI is InChI=1S/C31H27FN4O4S/c1-20-16-33-31(41-20)30(37)35-27(15-26-18-38-19-39-26)29(13-21-5-3-2-4-6-21)40-25-11-12-28-22(14-25)17-34-36(28)24-9-7-23(32)8-10-24/h2-12,14,16-18,27,29H,13,15,19H2,1H3,(H,35,37)/t27-,29-/m0/s1. The molecule has 0 saturated carbocycles. The zero-order valence-electron chi connectivity index (χ0n) is 22.2. The largest absolute Gasteiger partial charge is 0.488 e. The fraction of sp³-hybridized carbons (Fsp3) is 0.194.